The Balaban J connectivity index is 2.36. The smallest absolute Gasteiger partial charge is 0.150 e. The largest absolute Gasteiger partial charge is 0.301 e. The highest BCUT2D eigenvalue weighted by molar-refractivity contribution is 9.11. The molecule has 5 heteroatoms. The van der Waals surface area contributed by atoms with Crippen LogP contribution >= 0.6 is 15.9 Å². The molecule has 82 valence electrons. The fourth-order valence-corrected chi connectivity index (χ4v) is 4.09. The predicted molar refractivity (Wildman–Crippen MR) is 62.3 cm³/mol. The topological polar surface area (TPSA) is 37.4 Å². The summed E-state index contributed by atoms with van der Waals surface area (Å²) in [7, 11) is -0.747. The van der Waals surface area contributed by atoms with Gasteiger partial charge in [0.1, 0.15) is 0 Å². The van der Waals surface area contributed by atoms with Crippen LogP contribution in [0, 0.1) is 5.92 Å². The molecule has 1 aliphatic heterocycles. The van der Waals surface area contributed by atoms with E-state index in [4.69, 9.17) is 0 Å². The molecule has 0 aliphatic carbocycles. The zero-order valence-electron chi connectivity index (χ0n) is 8.37. The van der Waals surface area contributed by atoms with E-state index in [1.165, 1.54) is 0 Å². The Hall–Kier alpha value is 0.130. The maximum atomic E-state index is 11.2. The van der Waals surface area contributed by atoms with Crippen LogP contribution < -0.4 is 0 Å². The molecule has 0 spiro atoms. The summed E-state index contributed by atoms with van der Waals surface area (Å²) in [5.74, 6) is 1.02. The molecule has 1 saturated heterocycles. The van der Waals surface area contributed by atoms with Crippen molar-refractivity contribution in [2.75, 3.05) is 31.6 Å². The number of rotatable bonds is 4. The molecule has 0 N–H and O–H groups in total. The summed E-state index contributed by atoms with van der Waals surface area (Å²) in [4.78, 5) is 2.10. The van der Waals surface area contributed by atoms with Gasteiger partial charge in [-0.15, -0.1) is 0 Å². The summed E-state index contributed by atoms with van der Waals surface area (Å²) in [6.07, 6.45) is 0.807. The zero-order chi connectivity index (χ0) is 10.8. The second-order valence-electron chi connectivity index (χ2n) is 3.98. The molecule has 3 nitrogen and oxygen atoms in total. The van der Waals surface area contributed by atoms with Crippen molar-refractivity contribution >= 4 is 25.8 Å². The van der Waals surface area contributed by atoms with Gasteiger partial charge in [-0.05, 0) is 19.4 Å². The van der Waals surface area contributed by atoms with Crippen molar-refractivity contribution < 1.29 is 8.42 Å². The second-order valence-corrected chi connectivity index (χ2v) is 7.33. The molecule has 0 saturated carbocycles. The lowest BCUT2D eigenvalue weighted by Gasteiger charge is -2.19. The van der Waals surface area contributed by atoms with E-state index in [-0.39, 0.29) is 0 Å². The van der Waals surface area contributed by atoms with Crippen molar-refractivity contribution in [1.82, 2.24) is 4.90 Å². The molecular formula is C9H16BrNO2S. The Bertz CT molecular complexity index is 313. The summed E-state index contributed by atoms with van der Waals surface area (Å²) in [6, 6.07) is 0. The van der Waals surface area contributed by atoms with Gasteiger partial charge in [0.25, 0.3) is 0 Å². The number of hydrogen-bond donors (Lipinski definition) is 0. The fraction of sp³-hybridized carbons (Fsp3) is 0.778. The lowest BCUT2D eigenvalue weighted by atomic mass is 10.1. The minimum Gasteiger partial charge on any atom is -0.301 e. The quantitative estimate of drug-likeness (QED) is 0.779. The minimum absolute atomic E-state index is 0.303. The van der Waals surface area contributed by atoms with Gasteiger partial charge in [0.05, 0.1) is 11.5 Å². The average molecular weight is 282 g/mol. The summed E-state index contributed by atoms with van der Waals surface area (Å²) in [6.45, 7) is 5.37. The molecule has 0 aromatic heterocycles. The Labute approximate surface area is 94.2 Å². The van der Waals surface area contributed by atoms with Gasteiger partial charge in [-0.2, -0.15) is 0 Å². The summed E-state index contributed by atoms with van der Waals surface area (Å²) < 4.78 is 23.3. The van der Waals surface area contributed by atoms with E-state index in [0.717, 1.165) is 24.0 Å². The van der Waals surface area contributed by atoms with E-state index >= 15 is 0 Å². The highest BCUT2D eigenvalue weighted by Crippen LogP contribution is 2.19. The Morgan fingerprint density at radius 2 is 2.29 bits per heavy atom. The average Bonchev–Trinajstić information content (AvgIpc) is 2.27. The molecule has 1 rings (SSSR count). The zero-order valence-corrected chi connectivity index (χ0v) is 10.8. The van der Waals surface area contributed by atoms with Gasteiger partial charge in [-0.1, -0.05) is 22.5 Å². The van der Waals surface area contributed by atoms with Crippen LogP contribution in [0.25, 0.3) is 0 Å². The Morgan fingerprint density at radius 1 is 1.64 bits per heavy atom. The molecular weight excluding hydrogens is 266 g/mol. The summed E-state index contributed by atoms with van der Waals surface area (Å²) >= 11 is 3.29. The van der Waals surface area contributed by atoms with Crippen molar-refractivity contribution in [3.63, 3.8) is 0 Å². The van der Waals surface area contributed by atoms with E-state index in [2.05, 4.69) is 27.4 Å². The van der Waals surface area contributed by atoms with Gasteiger partial charge < -0.3 is 4.90 Å². The third kappa shape index (κ3) is 4.11. The SMILES string of the molecule is C=C(Br)CN(C)CC1CCS(=O)(=O)C1. The van der Waals surface area contributed by atoms with Gasteiger partial charge in [-0.25, -0.2) is 8.42 Å². The number of hydrogen-bond acceptors (Lipinski definition) is 3. The number of halogens is 1. The van der Waals surface area contributed by atoms with Crippen molar-refractivity contribution in [3.8, 4) is 0 Å². The minimum atomic E-state index is -2.73. The number of likely N-dealkylation sites (N-methyl/N-ethyl adjacent to an activating group) is 1. The monoisotopic (exact) mass is 281 g/mol. The van der Waals surface area contributed by atoms with Gasteiger partial charge in [-0.3, -0.25) is 0 Å². The van der Waals surface area contributed by atoms with Crippen molar-refractivity contribution in [2.45, 2.75) is 6.42 Å². The lowest BCUT2D eigenvalue weighted by Crippen LogP contribution is -2.27. The highest BCUT2D eigenvalue weighted by Gasteiger charge is 2.28. The molecule has 0 aromatic carbocycles. The van der Waals surface area contributed by atoms with Gasteiger partial charge in [0.15, 0.2) is 9.84 Å². The van der Waals surface area contributed by atoms with Crippen LogP contribution in [0.15, 0.2) is 11.1 Å². The maximum Gasteiger partial charge on any atom is 0.150 e. The molecule has 0 amide bonds. The van der Waals surface area contributed by atoms with Crippen LogP contribution in [-0.4, -0.2) is 45.0 Å². The standard InChI is InChI=1S/C9H16BrNO2S/c1-8(10)5-11(2)6-9-3-4-14(12,13)7-9/h9H,1,3-7H2,2H3. The fourth-order valence-electron chi connectivity index (χ4n) is 1.81. The van der Waals surface area contributed by atoms with E-state index in [0.29, 0.717) is 17.4 Å². The molecule has 0 aromatic rings. The van der Waals surface area contributed by atoms with Crippen LogP contribution in [0.4, 0.5) is 0 Å². The molecule has 0 bridgehead atoms. The molecule has 1 aliphatic rings. The van der Waals surface area contributed by atoms with Crippen LogP contribution in [0.3, 0.4) is 0 Å². The molecule has 1 atom stereocenters. The predicted octanol–water partition coefficient (Wildman–Crippen LogP) is 1.26. The number of sulfone groups is 1. The molecule has 1 heterocycles. The van der Waals surface area contributed by atoms with Crippen molar-refractivity contribution in [2.24, 2.45) is 5.92 Å². The van der Waals surface area contributed by atoms with Crippen LogP contribution in [0.5, 0.6) is 0 Å². The maximum absolute atomic E-state index is 11.2. The van der Waals surface area contributed by atoms with E-state index in [1.54, 1.807) is 0 Å². The van der Waals surface area contributed by atoms with Gasteiger partial charge in [0, 0.05) is 17.6 Å². The molecule has 1 unspecified atom stereocenters. The first-order valence-electron chi connectivity index (χ1n) is 4.61. The van der Waals surface area contributed by atoms with Crippen molar-refractivity contribution in [3.05, 3.63) is 11.1 Å². The molecule has 14 heavy (non-hydrogen) atoms. The van der Waals surface area contributed by atoms with E-state index in [1.807, 2.05) is 7.05 Å². The van der Waals surface area contributed by atoms with Crippen LogP contribution in [-0.2, 0) is 9.84 Å². The first-order valence-corrected chi connectivity index (χ1v) is 7.23. The first-order chi connectivity index (χ1) is 6.39. The van der Waals surface area contributed by atoms with E-state index in [9.17, 15) is 8.42 Å². The van der Waals surface area contributed by atoms with Gasteiger partial charge in [0.2, 0.25) is 0 Å². The molecule has 1 fully saturated rings. The van der Waals surface area contributed by atoms with Crippen molar-refractivity contribution in [1.29, 1.82) is 0 Å². The molecule has 0 radical (unpaired) electrons. The first kappa shape index (κ1) is 12.2. The highest BCUT2D eigenvalue weighted by atomic mass is 79.9. The summed E-state index contributed by atoms with van der Waals surface area (Å²) in [5.41, 5.74) is 0. The van der Waals surface area contributed by atoms with E-state index < -0.39 is 9.84 Å². The van der Waals surface area contributed by atoms with Gasteiger partial charge >= 0.3 is 0 Å². The Kier molecular flexibility index (Phi) is 4.15. The van der Waals surface area contributed by atoms with Crippen LogP contribution in [0.1, 0.15) is 6.42 Å². The third-order valence-electron chi connectivity index (χ3n) is 2.34. The number of nitrogens with zero attached hydrogens (tertiary/aromatic N) is 1. The third-order valence-corrected chi connectivity index (χ3v) is 4.43. The normalized spacial score (nSPS) is 25.5. The second kappa shape index (κ2) is 4.77. The Morgan fingerprint density at radius 3 is 2.71 bits per heavy atom. The summed E-state index contributed by atoms with van der Waals surface area (Å²) in [5, 5.41) is 0. The van der Waals surface area contributed by atoms with Crippen LogP contribution in [0.2, 0.25) is 0 Å². The lowest BCUT2D eigenvalue weighted by molar-refractivity contribution is 0.314.